The van der Waals surface area contributed by atoms with Gasteiger partial charge in [0.05, 0.1) is 10.8 Å². The van der Waals surface area contributed by atoms with Crippen molar-refractivity contribution in [3.8, 4) is 5.69 Å². The van der Waals surface area contributed by atoms with Crippen molar-refractivity contribution >= 4 is 17.6 Å². The molecule has 0 saturated carbocycles. The van der Waals surface area contributed by atoms with E-state index in [0.29, 0.717) is 19.4 Å². The molecule has 10 nitrogen and oxygen atoms in total. The lowest BCUT2D eigenvalue weighted by Crippen LogP contribution is -2.42. The molecular weight excluding hydrogens is 330 g/mol. The van der Waals surface area contributed by atoms with E-state index in [0.717, 1.165) is 0 Å². The van der Waals surface area contributed by atoms with Gasteiger partial charge in [0.25, 0.3) is 11.6 Å². The van der Waals surface area contributed by atoms with E-state index in [9.17, 15) is 19.7 Å². The molecule has 1 fully saturated rings. The lowest BCUT2D eigenvalue weighted by atomic mass is 9.97. The molecule has 0 radical (unpaired) electrons. The van der Waals surface area contributed by atoms with Gasteiger partial charge in [-0.1, -0.05) is 0 Å². The van der Waals surface area contributed by atoms with Crippen molar-refractivity contribution in [1.82, 2.24) is 19.7 Å². The van der Waals surface area contributed by atoms with Gasteiger partial charge < -0.3 is 10.0 Å². The van der Waals surface area contributed by atoms with Crippen LogP contribution >= 0.6 is 0 Å². The molecule has 1 N–H and O–H groups in total. The van der Waals surface area contributed by atoms with Crippen LogP contribution in [0, 0.1) is 16.0 Å². The summed E-state index contributed by atoms with van der Waals surface area (Å²) in [4.78, 5) is 39.7. The van der Waals surface area contributed by atoms with Crippen LogP contribution in [0.3, 0.4) is 0 Å². The summed E-state index contributed by atoms with van der Waals surface area (Å²) in [5.41, 5.74) is 0.0610. The van der Waals surface area contributed by atoms with E-state index in [1.54, 1.807) is 0 Å². The Morgan fingerprint density at radius 2 is 2.16 bits per heavy atom. The molecule has 0 aliphatic carbocycles. The molecule has 1 aliphatic heterocycles. The van der Waals surface area contributed by atoms with Crippen molar-refractivity contribution in [2.24, 2.45) is 5.92 Å². The van der Waals surface area contributed by atoms with E-state index in [1.807, 2.05) is 0 Å². The first kappa shape index (κ1) is 16.6. The number of amides is 1. The summed E-state index contributed by atoms with van der Waals surface area (Å²) in [6.07, 6.45) is 3.68. The smallest absolute Gasteiger partial charge is 0.308 e. The van der Waals surface area contributed by atoms with E-state index in [-0.39, 0.29) is 23.5 Å². The largest absolute Gasteiger partial charge is 0.481 e. The molecule has 0 unspecified atom stereocenters. The second-order valence-corrected chi connectivity index (χ2v) is 5.73. The highest BCUT2D eigenvalue weighted by molar-refractivity contribution is 5.95. The van der Waals surface area contributed by atoms with Crippen LogP contribution < -0.4 is 0 Å². The Bertz CT molecular complexity index is 820. The predicted octanol–water partition coefficient (Wildman–Crippen LogP) is 1.11. The van der Waals surface area contributed by atoms with Crippen LogP contribution in [-0.4, -0.2) is 54.7 Å². The summed E-state index contributed by atoms with van der Waals surface area (Å²) in [6, 6.07) is 4.08. The fourth-order valence-electron chi connectivity index (χ4n) is 2.87. The topological polar surface area (TPSA) is 131 Å². The molecule has 130 valence electrons. The van der Waals surface area contributed by atoms with Gasteiger partial charge >= 0.3 is 5.97 Å². The van der Waals surface area contributed by atoms with Crippen molar-refractivity contribution < 1.29 is 19.6 Å². The molecule has 1 aliphatic rings. The van der Waals surface area contributed by atoms with Gasteiger partial charge in [-0.2, -0.15) is 5.10 Å². The predicted molar refractivity (Wildman–Crippen MR) is 84.3 cm³/mol. The number of carboxylic acid groups (broad SMARTS) is 1. The number of aromatic nitrogens is 3. The Hall–Kier alpha value is -3.30. The lowest BCUT2D eigenvalue weighted by Gasteiger charge is -2.30. The Morgan fingerprint density at radius 3 is 2.80 bits per heavy atom. The quantitative estimate of drug-likeness (QED) is 0.648. The van der Waals surface area contributed by atoms with Crippen LogP contribution in [0.5, 0.6) is 0 Å². The average Bonchev–Trinajstić information content (AvgIpc) is 3.15. The maximum atomic E-state index is 12.6. The molecule has 0 spiro atoms. The van der Waals surface area contributed by atoms with Crippen molar-refractivity contribution in [2.75, 3.05) is 13.1 Å². The van der Waals surface area contributed by atoms with E-state index >= 15 is 0 Å². The number of benzene rings is 1. The number of likely N-dealkylation sites (tertiary alicyclic amines) is 1. The second kappa shape index (κ2) is 6.67. The van der Waals surface area contributed by atoms with E-state index < -0.39 is 22.7 Å². The fraction of sp³-hybridized carbons (Fsp3) is 0.333. The molecule has 1 saturated heterocycles. The average molecular weight is 345 g/mol. The standard InChI is InChI=1S/C15H15N5O5/c21-14(18-5-1-2-11(7-18)15(22)23)10-3-4-12(13(6-10)20(24)25)19-9-16-8-17-19/h3-4,6,8-9,11H,1-2,5,7H2,(H,22,23)/t11-/m0/s1. The van der Waals surface area contributed by atoms with Gasteiger partial charge in [0.15, 0.2) is 0 Å². The number of nitro benzene ring substituents is 1. The Labute approximate surface area is 141 Å². The molecule has 3 rings (SSSR count). The van der Waals surface area contributed by atoms with Crippen LogP contribution in [-0.2, 0) is 4.79 Å². The van der Waals surface area contributed by atoms with Gasteiger partial charge in [0, 0.05) is 24.7 Å². The van der Waals surface area contributed by atoms with E-state index in [2.05, 4.69) is 10.1 Å². The molecule has 2 aromatic rings. The number of nitrogens with zero attached hydrogens (tertiary/aromatic N) is 5. The number of carbonyl (C=O) groups excluding carboxylic acids is 1. The number of rotatable bonds is 4. The zero-order valence-electron chi connectivity index (χ0n) is 13.1. The summed E-state index contributed by atoms with van der Waals surface area (Å²) in [5, 5.41) is 24.3. The maximum absolute atomic E-state index is 12.6. The van der Waals surface area contributed by atoms with Gasteiger partial charge in [-0.25, -0.2) is 9.67 Å². The SMILES string of the molecule is O=C(O)[C@H]1CCCN(C(=O)c2ccc(-n3cncn3)c([N+](=O)[O-])c2)C1. The third kappa shape index (κ3) is 3.32. The van der Waals surface area contributed by atoms with Crippen molar-refractivity contribution in [2.45, 2.75) is 12.8 Å². The minimum Gasteiger partial charge on any atom is -0.481 e. The van der Waals surface area contributed by atoms with Crippen molar-refractivity contribution in [3.63, 3.8) is 0 Å². The van der Waals surface area contributed by atoms with Crippen molar-refractivity contribution in [3.05, 3.63) is 46.5 Å². The third-order valence-electron chi connectivity index (χ3n) is 4.14. The zero-order valence-corrected chi connectivity index (χ0v) is 13.1. The van der Waals surface area contributed by atoms with Crippen LogP contribution in [0.4, 0.5) is 5.69 Å². The Morgan fingerprint density at radius 1 is 1.36 bits per heavy atom. The third-order valence-corrected chi connectivity index (χ3v) is 4.14. The van der Waals surface area contributed by atoms with Gasteiger partial charge in [0.1, 0.15) is 18.3 Å². The summed E-state index contributed by atoms with van der Waals surface area (Å²) in [7, 11) is 0. The number of hydrogen-bond donors (Lipinski definition) is 1. The second-order valence-electron chi connectivity index (χ2n) is 5.73. The molecule has 2 heterocycles. The van der Waals surface area contributed by atoms with E-state index in [1.165, 1.54) is 40.4 Å². The normalized spacial score (nSPS) is 17.3. The summed E-state index contributed by atoms with van der Waals surface area (Å²) >= 11 is 0. The Balaban J connectivity index is 1.90. The molecule has 1 atom stereocenters. The first-order chi connectivity index (χ1) is 12.0. The van der Waals surface area contributed by atoms with Crippen molar-refractivity contribution in [1.29, 1.82) is 0 Å². The number of aliphatic carboxylic acids is 1. The first-order valence-corrected chi connectivity index (χ1v) is 7.63. The number of piperidine rings is 1. The monoisotopic (exact) mass is 345 g/mol. The maximum Gasteiger partial charge on any atom is 0.308 e. The van der Waals surface area contributed by atoms with Crippen LogP contribution in [0.2, 0.25) is 0 Å². The number of carboxylic acids is 1. The van der Waals surface area contributed by atoms with E-state index in [4.69, 9.17) is 5.11 Å². The van der Waals surface area contributed by atoms with Gasteiger partial charge in [0.2, 0.25) is 0 Å². The minimum absolute atomic E-state index is 0.104. The Kier molecular flexibility index (Phi) is 4.42. The highest BCUT2D eigenvalue weighted by atomic mass is 16.6. The summed E-state index contributed by atoms with van der Waals surface area (Å²) < 4.78 is 1.24. The van der Waals surface area contributed by atoms with Gasteiger partial charge in [-0.05, 0) is 25.0 Å². The molecule has 1 aromatic carbocycles. The first-order valence-electron chi connectivity index (χ1n) is 7.63. The summed E-state index contributed by atoms with van der Waals surface area (Å²) in [6.45, 7) is 0.536. The van der Waals surface area contributed by atoms with Crippen LogP contribution in [0.25, 0.3) is 5.69 Å². The molecule has 10 heteroatoms. The van der Waals surface area contributed by atoms with Crippen LogP contribution in [0.1, 0.15) is 23.2 Å². The zero-order chi connectivity index (χ0) is 18.0. The number of hydrogen-bond acceptors (Lipinski definition) is 6. The summed E-state index contributed by atoms with van der Waals surface area (Å²) in [5.74, 6) is -1.97. The number of carbonyl (C=O) groups is 2. The highest BCUT2D eigenvalue weighted by Gasteiger charge is 2.29. The molecule has 1 amide bonds. The molecule has 0 bridgehead atoms. The number of nitro groups is 1. The van der Waals surface area contributed by atoms with Gasteiger partial charge in [-0.3, -0.25) is 19.7 Å². The van der Waals surface area contributed by atoms with Crippen LogP contribution in [0.15, 0.2) is 30.9 Å². The molecule has 25 heavy (non-hydrogen) atoms. The fourth-order valence-corrected chi connectivity index (χ4v) is 2.87. The lowest BCUT2D eigenvalue weighted by molar-refractivity contribution is -0.384. The highest BCUT2D eigenvalue weighted by Crippen LogP contribution is 2.25. The molecule has 1 aromatic heterocycles. The minimum atomic E-state index is -0.940. The van der Waals surface area contributed by atoms with Gasteiger partial charge in [-0.15, -0.1) is 0 Å². The molecular formula is C15H15N5O5.